The van der Waals surface area contributed by atoms with Gasteiger partial charge in [-0.1, -0.05) is 13.8 Å². The monoisotopic (exact) mass is 277 g/mol. The Hall–Kier alpha value is -1.46. The second-order valence-electron chi connectivity index (χ2n) is 4.61. The highest BCUT2D eigenvalue weighted by Gasteiger charge is 2.12. The second-order valence-corrected chi connectivity index (χ2v) is 5.85. The highest BCUT2D eigenvalue weighted by Crippen LogP contribution is 2.24. The fraction of sp³-hybridized carbons (Fsp3) is 0.429. The van der Waals surface area contributed by atoms with Gasteiger partial charge in [-0.3, -0.25) is 4.79 Å². The van der Waals surface area contributed by atoms with Crippen LogP contribution in [0, 0.1) is 12.8 Å². The first-order chi connectivity index (χ1) is 9.10. The van der Waals surface area contributed by atoms with Gasteiger partial charge in [-0.2, -0.15) is 0 Å². The van der Waals surface area contributed by atoms with Gasteiger partial charge in [0.25, 0.3) is 0 Å². The molecule has 0 bridgehead atoms. The first-order valence-electron chi connectivity index (χ1n) is 6.49. The molecule has 0 aliphatic carbocycles. The molecular weight excluding hydrogens is 258 g/mol. The van der Waals surface area contributed by atoms with Gasteiger partial charge in [-0.05, 0) is 31.7 Å². The lowest BCUT2D eigenvalue weighted by Crippen LogP contribution is -2.30. The maximum atomic E-state index is 12.0. The van der Waals surface area contributed by atoms with Crippen LogP contribution in [0.4, 0.5) is 5.69 Å². The quantitative estimate of drug-likeness (QED) is 0.883. The van der Waals surface area contributed by atoms with Crippen molar-refractivity contribution >= 4 is 33.1 Å². The Morgan fingerprint density at radius 1 is 1.47 bits per heavy atom. The number of nitrogens with zero attached hydrogens (tertiary/aromatic N) is 1. The number of hydrogen-bond acceptors (Lipinski definition) is 4. The third-order valence-corrected chi connectivity index (χ3v) is 3.84. The maximum Gasteiger partial charge on any atom is 0.228 e. The molecule has 0 saturated heterocycles. The summed E-state index contributed by atoms with van der Waals surface area (Å²) in [6, 6.07) is 5.83. The molecule has 0 aliphatic rings. The largest absolute Gasteiger partial charge is 0.326 e. The smallest absolute Gasteiger partial charge is 0.228 e. The summed E-state index contributed by atoms with van der Waals surface area (Å²) in [5.74, 6) is 0.000353. The van der Waals surface area contributed by atoms with Crippen molar-refractivity contribution in [2.24, 2.45) is 5.92 Å². The van der Waals surface area contributed by atoms with Gasteiger partial charge in [0.05, 0.1) is 15.2 Å². The summed E-state index contributed by atoms with van der Waals surface area (Å²) >= 11 is 1.64. The molecule has 1 atom stereocenters. The van der Waals surface area contributed by atoms with Gasteiger partial charge in [-0.15, -0.1) is 11.3 Å². The summed E-state index contributed by atoms with van der Waals surface area (Å²) in [7, 11) is 0. The number of anilines is 1. The number of hydrogen-bond donors (Lipinski definition) is 2. The number of carbonyl (C=O) groups excluding carboxylic acids is 1. The van der Waals surface area contributed by atoms with E-state index in [4.69, 9.17) is 0 Å². The van der Waals surface area contributed by atoms with E-state index in [1.807, 2.05) is 39.0 Å². The van der Waals surface area contributed by atoms with Crippen molar-refractivity contribution in [1.29, 1.82) is 0 Å². The number of aryl methyl sites for hydroxylation is 1. The van der Waals surface area contributed by atoms with E-state index in [0.717, 1.165) is 27.5 Å². The zero-order chi connectivity index (χ0) is 13.8. The highest BCUT2D eigenvalue weighted by atomic mass is 32.1. The van der Waals surface area contributed by atoms with Gasteiger partial charge >= 0.3 is 0 Å². The molecule has 0 saturated carbocycles. The lowest BCUT2D eigenvalue weighted by Gasteiger charge is -2.12. The van der Waals surface area contributed by atoms with Crippen LogP contribution in [-0.2, 0) is 4.79 Å². The number of nitrogens with one attached hydrogen (secondary N) is 2. The van der Waals surface area contributed by atoms with Gasteiger partial charge in [0, 0.05) is 18.2 Å². The predicted molar refractivity (Wildman–Crippen MR) is 80.7 cm³/mol. The minimum Gasteiger partial charge on any atom is -0.326 e. The van der Waals surface area contributed by atoms with E-state index in [1.165, 1.54) is 0 Å². The SMILES string of the molecule is CCNCC(C)C(=O)Nc1ccc2nc(C)sc2c1. The fourth-order valence-corrected chi connectivity index (χ4v) is 2.70. The third kappa shape index (κ3) is 3.52. The van der Waals surface area contributed by atoms with Gasteiger partial charge in [0.2, 0.25) is 5.91 Å². The molecule has 5 heteroatoms. The molecule has 19 heavy (non-hydrogen) atoms. The zero-order valence-electron chi connectivity index (χ0n) is 11.5. The van der Waals surface area contributed by atoms with Gasteiger partial charge in [0.1, 0.15) is 0 Å². The molecule has 4 nitrogen and oxygen atoms in total. The Kier molecular flexibility index (Phi) is 4.50. The molecule has 1 aromatic carbocycles. The Labute approximate surface area is 117 Å². The van der Waals surface area contributed by atoms with E-state index in [2.05, 4.69) is 15.6 Å². The maximum absolute atomic E-state index is 12.0. The van der Waals surface area contributed by atoms with Crippen LogP contribution < -0.4 is 10.6 Å². The predicted octanol–water partition coefficient (Wildman–Crippen LogP) is 2.79. The third-order valence-electron chi connectivity index (χ3n) is 2.91. The summed E-state index contributed by atoms with van der Waals surface area (Å²) in [5, 5.41) is 7.17. The molecule has 2 aromatic rings. The van der Waals surface area contributed by atoms with E-state index in [-0.39, 0.29) is 11.8 Å². The van der Waals surface area contributed by atoms with Crippen molar-refractivity contribution in [3.05, 3.63) is 23.2 Å². The van der Waals surface area contributed by atoms with Crippen molar-refractivity contribution in [3.8, 4) is 0 Å². The number of amides is 1. The Morgan fingerprint density at radius 2 is 2.26 bits per heavy atom. The Morgan fingerprint density at radius 3 is 3.00 bits per heavy atom. The standard InChI is InChI=1S/C14H19N3OS/c1-4-15-8-9(2)14(18)17-11-5-6-12-13(7-11)19-10(3)16-12/h5-7,9,15H,4,8H2,1-3H3,(H,17,18). The molecule has 1 aromatic heterocycles. The summed E-state index contributed by atoms with van der Waals surface area (Å²) < 4.78 is 1.11. The normalized spacial score (nSPS) is 12.6. The summed E-state index contributed by atoms with van der Waals surface area (Å²) in [4.78, 5) is 16.4. The van der Waals surface area contributed by atoms with Crippen LogP contribution >= 0.6 is 11.3 Å². The lowest BCUT2D eigenvalue weighted by molar-refractivity contribution is -0.119. The number of aromatic nitrogens is 1. The fourth-order valence-electron chi connectivity index (χ4n) is 1.84. The molecule has 1 heterocycles. The van der Waals surface area contributed by atoms with Crippen molar-refractivity contribution in [3.63, 3.8) is 0 Å². The van der Waals surface area contributed by atoms with Crippen molar-refractivity contribution < 1.29 is 4.79 Å². The van der Waals surface area contributed by atoms with Crippen LogP contribution in [0.5, 0.6) is 0 Å². The topological polar surface area (TPSA) is 54.0 Å². The molecule has 2 rings (SSSR count). The lowest BCUT2D eigenvalue weighted by atomic mass is 10.1. The van der Waals surface area contributed by atoms with Crippen molar-refractivity contribution in [1.82, 2.24) is 10.3 Å². The minimum atomic E-state index is -0.0427. The number of benzene rings is 1. The van der Waals surface area contributed by atoms with Crippen LogP contribution in [0.2, 0.25) is 0 Å². The summed E-state index contributed by atoms with van der Waals surface area (Å²) in [6.45, 7) is 7.52. The van der Waals surface area contributed by atoms with E-state index in [0.29, 0.717) is 6.54 Å². The summed E-state index contributed by atoms with van der Waals surface area (Å²) in [5.41, 5.74) is 1.82. The second kappa shape index (κ2) is 6.12. The van der Waals surface area contributed by atoms with Crippen LogP contribution in [0.3, 0.4) is 0 Å². The number of carbonyl (C=O) groups is 1. The van der Waals surface area contributed by atoms with Crippen LogP contribution in [0.1, 0.15) is 18.9 Å². The molecule has 2 N–H and O–H groups in total. The van der Waals surface area contributed by atoms with E-state index < -0.39 is 0 Å². The van der Waals surface area contributed by atoms with E-state index in [1.54, 1.807) is 11.3 Å². The van der Waals surface area contributed by atoms with Gasteiger partial charge in [-0.25, -0.2) is 4.98 Å². The minimum absolute atomic E-state index is 0.0427. The number of rotatable bonds is 5. The average Bonchev–Trinajstić information content (AvgIpc) is 2.75. The molecule has 0 radical (unpaired) electrons. The molecule has 0 fully saturated rings. The number of thiazole rings is 1. The average molecular weight is 277 g/mol. The first kappa shape index (κ1) is 14.0. The number of fused-ring (bicyclic) bond motifs is 1. The van der Waals surface area contributed by atoms with Crippen molar-refractivity contribution in [2.45, 2.75) is 20.8 Å². The zero-order valence-corrected chi connectivity index (χ0v) is 12.3. The van der Waals surface area contributed by atoms with E-state index in [9.17, 15) is 4.79 Å². The first-order valence-corrected chi connectivity index (χ1v) is 7.30. The summed E-state index contributed by atoms with van der Waals surface area (Å²) in [6.07, 6.45) is 0. The van der Waals surface area contributed by atoms with Crippen LogP contribution in [0.15, 0.2) is 18.2 Å². The molecule has 0 aliphatic heterocycles. The molecule has 1 amide bonds. The molecule has 0 spiro atoms. The Bertz CT molecular complexity index is 579. The molecule has 102 valence electrons. The Balaban J connectivity index is 2.06. The molecule has 1 unspecified atom stereocenters. The molecular formula is C14H19N3OS. The van der Waals surface area contributed by atoms with Gasteiger partial charge < -0.3 is 10.6 Å². The van der Waals surface area contributed by atoms with E-state index >= 15 is 0 Å². The highest BCUT2D eigenvalue weighted by molar-refractivity contribution is 7.18. The van der Waals surface area contributed by atoms with Crippen molar-refractivity contribution in [2.75, 3.05) is 18.4 Å². The van der Waals surface area contributed by atoms with Gasteiger partial charge in [0.15, 0.2) is 0 Å². The van der Waals surface area contributed by atoms with Crippen LogP contribution in [-0.4, -0.2) is 24.0 Å². The van der Waals surface area contributed by atoms with Crippen LogP contribution in [0.25, 0.3) is 10.2 Å².